The second-order valence-corrected chi connectivity index (χ2v) is 9.69. The molecule has 2 aliphatic rings. The summed E-state index contributed by atoms with van der Waals surface area (Å²) in [6.07, 6.45) is 4.55. The van der Waals surface area contributed by atoms with E-state index in [1.54, 1.807) is 8.99 Å². The third-order valence-electron chi connectivity index (χ3n) is 6.42. The minimum atomic E-state index is -3.63. The molecule has 27 heavy (non-hydrogen) atoms. The van der Waals surface area contributed by atoms with E-state index in [1.165, 1.54) is 6.20 Å². The van der Waals surface area contributed by atoms with Gasteiger partial charge in [-0.2, -0.15) is 9.40 Å². The Balaban J connectivity index is 1.70. The summed E-state index contributed by atoms with van der Waals surface area (Å²) in [7, 11) is -3.63. The summed E-state index contributed by atoms with van der Waals surface area (Å²) < 4.78 is 30.4. The summed E-state index contributed by atoms with van der Waals surface area (Å²) in [6, 6.07) is 9.85. The highest BCUT2D eigenvalue weighted by Crippen LogP contribution is 2.53. The quantitative estimate of drug-likeness (QED) is 0.823. The van der Waals surface area contributed by atoms with Crippen molar-refractivity contribution in [3.63, 3.8) is 0 Å². The second-order valence-electron chi connectivity index (χ2n) is 7.88. The molecule has 2 saturated heterocycles. The zero-order valence-electron chi connectivity index (χ0n) is 15.9. The molecule has 0 spiro atoms. The van der Waals surface area contributed by atoms with Crippen LogP contribution in [0.4, 0.5) is 0 Å². The van der Waals surface area contributed by atoms with Crippen LogP contribution in [-0.4, -0.2) is 46.3 Å². The molecule has 0 amide bonds. The summed E-state index contributed by atoms with van der Waals surface area (Å²) in [5, 5.41) is 14.5. The van der Waals surface area contributed by atoms with E-state index in [9.17, 15) is 13.5 Å². The smallest absolute Gasteiger partial charge is 0.246 e. The monoisotopic (exact) mass is 389 g/mol. The minimum absolute atomic E-state index is 0.00227. The maximum Gasteiger partial charge on any atom is 0.246 e. The van der Waals surface area contributed by atoms with E-state index in [0.29, 0.717) is 30.0 Å². The average molecular weight is 390 g/mol. The topological polar surface area (TPSA) is 75.4 Å². The molecule has 1 aromatic heterocycles. The maximum atomic E-state index is 13.5. The SMILES string of the molecule is CCn1ncc(S(=O)(=O)N2[C@H]3CC[C@@H]2[C@@](CO)(Cc2ccccc2)C3)c1C. The van der Waals surface area contributed by atoms with Gasteiger partial charge in [0.2, 0.25) is 10.0 Å². The van der Waals surface area contributed by atoms with Crippen LogP contribution in [0.2, 0.25) is 0 Å². The molecule has 2 aromatic rings. The van der Waals surface area contributed by atoms with Gasteiger partial charge in [0, 0.05) is 24.0 Å². The Labute approximate surface area is 160 Å². The highest BCUT2D eigenvalue weighted by atomic mass is 32.2. The molecule has 6 nitrogen and oxygen atoms in total. The molecule has 2 aliphatic heterocycles. The first-order chi connectivity index (χ1) is 12.9. The van der Waals surface area contributed by atoms with E-state index in [-0.39, 0.29) is 18.7 Å². The molecule has 0 unspecified atom stereocenters. The Kier molecular flexibility index (Phi) is 4.64. The van der Waals surface area contributed by atoms with Crippen molar-refractivity contribution in [1.29, 1.82) is 0 Å². The molecule has 3 atom stereocenters. The zero-order valence-corrected chi connectivity index (χ0v) is 16.7. The van der Waals surface area contributed by atoms with Gasteiger partial charge in [-0.3, -0.25) is 4.68 Å². The molecule has 0 aliphatic carbocycles. The van der Waals surface area contributed by atoms with Gasteiger partial charge in [-0.15, -0.1) is 0 Å². The number of rotatable bonds is 6. The van der Waals surface area contributed by atoms with Gasteiger partial charge in [-0.25, -0.2) is 8.42 Å². The number of aliphatic hydroxyl groups excluding tert-OH is 1. The lowest BCUT2D eigenvalue weighted by atomic mass is 9.70. The van der Waals surface area contributed by atoms with Crippen LogP contribution in [-0.2, 0) is 23.0 Å². The van der Waals surface area contributed by atoms with Crippen LogP contribution in [0.1, 0.15) is 37.4 Å². The van der Waals surface area contributed by atoms with Gasteiger partial charge in [0.25, 0.3) is 0 Å². The fourth-order valence-electron chi connectivity index (χ4n) is 5.13. The van der Waals surface area contributed by atoms with Crippen molar-refractivity contribution in [2.24, 2.45) is 5.41 Å². The van der Waals surface area contributed by atoms with E-state index < -0.39 is 15.4 Å². The van der Waals surface area contributed by atoms with Crippen LogP contribution in [0.5, 0.6) is 0 Å². The van der Waals surface area contributed by atoms with Crippen molar-refractivity contribution in [3.8, 4) is 0 Å². The molecule has 1 aromatic carbocycles. The van der Waals surface area contributed by atoms with Gasteiger partial charge in [-0.1, -0.05) is 30.3 Å². The highest BCUT2D eigenvalue weighted by Gasteiger charge is 2.59. The fraction of sp³-hybridized carbons (Fsp3) is 0.550. The molecular formula is C20H27N3O3S. The summed E-state index contributed by atoms with van der Waals surface area (Å²) >= 11 is 0. The molecule has 0 radical (unpaired) electrons. The van der Waals surface area contributed by atoms with Crippen LogP contribution in [0, 0.1) is 12.3 Å². The number of hydrogen-bond acceptors (Lipinski definition) is 4. The Hall–Kier alpha value is -1.70. The number of nitrogens with zero attached hydrogens (tertiary/aromatic N) is 3. The summed E-state index contributed by atoms with van der Waals surface area (Å²) in [5.74, 6) is 0. The normalized spacial score (nSPS) is 28.1. The number of benzene rings is 1. The van der Waals surface area contributed by atoms with Crippen molar-refractivity contribution >= 4 is 10.0 Å². The zero-order chi connectivity index (χ0) is 19.2. The minimum Gasteiger partial charge on any atom is -0.396 e. The van der Waals surface area contributed by atoms with Crippen LogP contribution in [0.3, 0.4) is 0 Å². The standard InChI is InChI=1S/C20H27N3O3S/c1-3-22-15(2)18(13-21-22)27(25,26)23-17-9-10-19(23)20(12-17,14-24)11-16-7-5-4-6-8-16/h4-8,13,17,19,24H,3,9-12,14H2,1-2H3/t17-,19+,20-/m0/s1. The number of hydrogen-bond donors (Lipinski definition) is 1. The van der Waals surface area contributed by atoms with Crippen LogP contribution < -0.4 is 0 Å². The maximum absolute atomic E-state index is 13.5. The van der Waals surface area contributed by atoms with Gasteiger partial charge < -0.3 is 5.11 Å². The molecule has 4 rings (SSSR count). The van der Waals surface area contributed by atoms with E-state index in [2.05, 4.69) is 17.2 Å². The van der Waals surface area contributed by atoms with E-state index in [4.69, 9.17) is 0 Å². The highest BCUT2D eigenvalue weighted by molar-refractivity contribution is 7.89. The first-order valence-corrected chi connectivity index (χ1v) is 11.1. The van der Waals surface area contributed by atoms with Gasteiger partial charge in [0.1, 0.15) is 4.90 Å². The number of fused-ring (bicyclic) bond motifs is 2. The van der Waals surface area contributed by atoms with Crippen molar-refractivity contribution in [3.05, 3.63) is 47.8 Å². The Bertz CT molecular complexity index is 925. The molecule has 7 heteroatoms. The number of aromatic nitrogens is 2. The first kappa shape index (κ1) is 18.7. The number of aliphatic hydroxyl groups is 1. The Morgan fingerprint density at radius 1 is 1.26 bits per heavy atom. The van der Waals surface area contributed by atoms with Crippen molar-refractivity contribution in [2.45, 2.75) is 63.1 Å². The molecule has 2 bridgehead atoms. The fourth-order valence-corrected chi connectivity index (χ4v) is 7.25. The predicted molar refractivity (Wildman–Crippen MR) is 103 cm³/mol. The van der Waals surface area contributed by atoms with E-state index in [0.717, 1.165) is 18.4 Å². The first-order valence-electron chi connectivity index (χ1n) is 9.63. The molecule has 0 saturated carbocycles. The van der Waals surface area contributed by atoms with Crippen molar-refractivity contribution in [2.75, 3.05) is 6.61 Å². The Morgan fingerprint density at radius 2 is 2.00 bits per heavy atom. The lowest BCUT2D eigenvalue weighted by molar-refractivity contribution is 0.0888. The lowest BCUT2D eigenvalue weighted by Gasteiger charge is -2.36. The molecule has 3 heterocycles. The molecule has 2 fully saturated rings. The molecule has 1 N–H and O–H groups in total. The lowest BCUT2D eigenvalue weighted by Crippen LogP contribution is -2.43. The summed E-state index contributed by atoms with van der Waals surface area (Å²) in [5.41, 5.74) is 1.42. The van der Waals surface area contributed by atoms with Crippen LogP contribution in [0.25, 0.3) is 0 Å². The largest absolute Gasteiger partial charge is 0.396 e. The molecular weight excluding hydrogens is 362 g/mol. The van der Waals surface area contributed by atoms with E-state index in [1.807, 2.05) is 32.0 Å². The van der Waals surface area contributed by atoms with Gasteiger partial charge in [0.15, 0.2) is 0 Å². The molecule has 146 valence electrons. The van der Waals surface area contributed by atoms with Gasteiger partial charge >= 0.3 is 0 Å². The van der Waals surface area contributed by atoms with Gasteiger partial charge in [0.05, 0.1) is 18.5 Å². The van der Waals surface area contributed by atoms with Crippen LogP contribution in [0.15, 0.2) is 41.4 Å². The summed E-state index contributed by atoms with van der Waals surface area (Å²) in [4.78, 5) is 0.301. The van der Waals surface area contributed by atoms with Crippen molar-refractivity contribution < 1.29 is 13.5 Å². The third kappa shape index (κ3) is 2.83. The van der Waals surface area contributed by atoms with E-state index >= 15 is 0 Å². The van der Waals surface area contributed by atoms with Crippen LogP contribution >= 0.6 is 0 Å². The second kappa shape index (κ2) is 6.72. The average Bonchev–Trinajstić information content (AvgIpc) is 3.34. The van der Waals surface area contributed by atoms with Gasteiger partial charge in [-0.05, 0) is 45.1 Å². The third-order valence-corrected chi connectivity index (χ3v) is 8.48. The summed E-state index contributed by atoms with van der Waals surface area (Å²) in [6.45, 7) is 4.41. The number of aryl methyl sites for hydroxylation is 1. The Morgan fingerprint density at radius 3 is 2.63 bits per heavy atom. The predicted octanol–water partition coefficient (Wildman–Crippen LogP) is 2.36. The van der Waals surface area contributed by atoms with Crippen molar-refractivity contribution in [1.82, 2.24) is 14.1 Å². The number of sulfonamides is 1.